The van der Waals surface area contributed by atoms with Crippen molar-refractivity contribution in [3.63, 3.8) is 0 Å². The third-order valence-electron chi connectivity index (χ3n) is 2.26. The lowest BCUT2D eigenvalue weighted by molar-refractivity contribution is 0.103. The highest BCUT2D eigenvalue weighted by atomic mass is 35.5. The number of nitrogens with zero attached hydrogens (tertiary/aromatic N) is 2. The largest absolute Gasteiger partial charge is 0.386 e. The summed E-state index contributed by atoms with van der Waals surface area (Å²) in [6.07, 6.45) is 4.58. The van der Waals surface area contributed by atoms with Crippen LogP contribution in [0.4, 0.5) is 5.69 Å². The highest BCUT2D eigenvalue weighted by Gasteiger charge is 2.15. The van der Waals surface area contributed by atoms with Crippen LogP contribution in [0.1, 0.15) is 16.1 Å². The van der Waals surface area contributed by atoms with Crippen LogP contribution in [0.5, 0.6) is 0 Å². The number of rotatable bonds is 3. The van der Waals surface area contributed by atoms with Crippen LogP contribution in [0.2, 0.25) is 5.02 Å². The van der Waals surface area contributed by atoms with Crippen molar-refractivity contribution < 1.29 is 4.79 Å². The van der Waals surface area contributed by atoms with Gasteiger partial charge in [-0.2, -0.15) is 0 Å². The Kier molecular flexibility index (Phi) is 3.35. The maximum Gasteiger partial charge on any atom is 0.215 e. The molecule has 2 aromatic heterocycles. The zero-order chi connectivity index (χ0) is 12.3. The van der Waals surface area contributed by atoms with Gasteiger partial charge >= 0.3 is 0 Å². The van der Waals surface area contributed by atoms with E-state index in [0.717, 1.165) is 0 Å². The van der Waals surface area contributed by atoms with Crippen molar-refractivity contribution in [2.75, 3.05) is 12.4 Å². The molecule has 1 N–H and O–H groups in total. The molecule has 5 heteroatoms. The van der Waals surface area contributed by atoms with Gasteiger partial charge in [0.2, 0.25) is 5.78 Å². The number of hydrogen-bond acceptors (Lipinski definition) is 4. The molecular weight excluding hydrogens is 238 g/mol. The molecular formula is C12H10ClN3O. The number of ketones is 1. The number of aromatic nitrogens is 2. The van der Waals surface area contributed by atoms with E-state index in [1.807, 2.05) is 0 Å². The fourth-order valence-corrected chi connectivity index (χ4v) is 1.60. The topological polar surface area (TPSA) is 54.9 Å². The van der Waals surface area contributed by atoms with Gasteiger partial charge in [0.15, 0.2) is 0 Å². The van der Waals surface area contributed by atoms with Gasteiger partial charge in [0.05, 0.1) is 10.7 Å². The molecule has 0 bridgehead atoms. The molecule has 0 saturated heterocycles. The molecule has 0 saturated carbocycles. The third kappa shape index (κ3) is 2.42. The molecule has 0 aliphatic rings. The Morgan fingerprint density at radius 3 is 2.88 bits per heavy atom. The first-order valence-corrected chi connectivity index (χ1v) is 5.38. The van der Waals surface area contributed by atoms with E-state index in [4.69, 9.17) is 11.6 Å². The Balaban J connectivity index is 2.44. The number of pyridine rings is 2. The summed E-state index contributed by atoms with van der Waals surface area (Å²) >= 11 is 5.82. The van der Waals surface area contributed by atoms with Crippen molar-refractivity contribution in [1.82, 2.24) is 9.97 Å². The zero-order valence-electron chi connectivity index (χ0n) is 9.14. The number of carbonyl (C=O) groups excluding carboxylic acids is 1. The smallest absolute Gasteiger partial charge is 0.215 e. The van der Waals surface area contributed by atoms with Crippen LogP contribution < -0.4 is 5.32 Å². The van der Waals surface area contributed by atoms with Crippen LogP contribution in [0.15, 0.2) is 36.8 Å². The van der Waals surface area contributed by atoms with Gasteiger partial charge in [-0.25, -0.2) is 4.98 Å². The number of nitrogens with one attached hydrogen (secondary N) is 1. The van der Waals surface area contributed by atoms with Crippen molar-refractivity contribution in [1.29, 1.82) is 0 Å². The van der Waals surface area contributed by atoms with E-state index in [9.17, 15) is 4.79 Å². The lowest BCUT2D eigenvalue weighted by atomic mass is 10.1. The average molecular weight is 248 g/mol. The predicted molar refractivity (Wildman–Crippen MR) is 66.5 cm³/mol. The summed E-state index contributed by atoms with van der Waals surface area (Å²) in [5.41, 5.74) is 1.44. The molecule has 2 heterocycles. The van der Waals surface area contributed by atoms with Crippen LogP contribution in [-0.2, 0) is 0 Å². The monoisotopic (exact) mass is 247 g/mol. The molecule has 86 valence electrons. The van der Waals surface area contributed by atoms with Crippen LogP contribution in [0.3, 0.4) is 0 Å². The number of hydrogen-bond donors (Lipinski definition) is 1. The van der Waals surface area contributed by atoms with E-state index in [1.54, 1.807) is 31.4 Å². The van der Waals surface area contributed by atoms with E-state index in [-0.39, 0.29) is 5.78 Å². The van der Waals surface area contributed by atoms with Crippen LogP contribution in [0.25, 0.3) is 0 Å². The number of carbonyl (C=O) groups is 1. The van der Waals surface area contributed by atoms with Crippen LogP contribution in [0, 0.1) is 0 Å². The first kappa shape index (κ1) is 11.5. The minimum Gasteiger partial charge on any atom is -0.386 e. The third-order valence-corrected chi connectivity index (χ3v) is 2.47. The minimum atomic E-state index is -0.181. The fraction of sp³-hybridized carbons (Fsp3) is 0.0833. The Hall–Kier alpha value is -1.94. The lowest BCUT2D eigenvalue weighted by Gasteiger charge is -2.07. The zero-order valence-corrected chi connectivity index (χ0v) is 9.90. The maximum absolute atomic E-state index is 12.2. The van der Waals surface area contributed by atoms with Crippen molar-refractivity contribution >= 4 is 23.1 Å². The second-order valence-electron chi connectivity index (χ2n) is 3.37. The quantitative estimate of drug-likeness (QED) is 0.847. The van der Waals surface area contributed by atoms with E-state index in [1.165, 1.54) is 12.4 Å². The Morgan fingerprint density at radius 2 is 2.24 bits per heavy atom. The van der Waals surface area contributed by atoms with Gasteiger partial charge in [-0.1, -0.05) is 11.6 Å². The summed E-state index contributed by atoms with van der Waals surface area (Å²) in [5.74, 6) is -0.181. The van der Waals surface area contributed by atoms with Gasteiger partial charge in [0.1, 0.15) is 5.69 Å². The highest BCUT2D eigenvalue weighted by Crippen LogP contribution is 2.20. The lowest BCUT2D eigenvalue weighted by Crippen LogP contribution is -2.08. The molecule has 0 aromatic carbocycles. The van der Waals surface area contributed by atoms with E-state index < -0.39 is 0 Å². The van der Waals surface area contributed by atoms with Gasteiger partial charge in [0.25, 0.3) is 0 Å². The molecule has 2 rings (SSSR count). The Morgan fingerprint density at radius 1 is 1.41 bits per heavy atom. The van der Waals surface area contributed by atoms with Crippen molar-refractivity contribution in [3.8, 4) is 0 Å². The molecule has 0 radical (unpaired) electrons. The van der Waals surface area contributed by atoms with E-state index in [2.05, 4.69) is 15.3 Å². The van der Waals surface area contributed by atoms with Crippen LogP contribution >= 0.6 is 11.6 Å². The molecule has 0 aliphatic heterocycles. The summed E-state index contributed by atoms with van der Waals surface area (Å²) in [7, 11) is 1.72. The summed E-state index contributed by atoms with van der Waals surface area (Å²) in [5, 5.41) is 3.38. The van der Waals surface area contributed by atoms with Crippen molar-refractivity contribution in [2.24, 2.45) is 0 Å². The Labute approximate surface area is 104 Å². The minimum absolute atomic E-state index is 0.181. The second-order valence-corrected chi connectivity index (χ2v) is 3.81. The maximum atomic E-state index is 12.2. The normalized spacial score (nSPS) is 10.0. The summed E-state index contributed by atoms with van der Waals surface area (Å²) in [6.45, 7) is 0. The van der Waals surface area contributed by atoms with E-state index >= 15 is 0 Å². The van der Waals surface area contributed by atoms with Gasteiger partial charge in [-0.05, 0) is 18.2 Å². The second kappa shape index (κ2) is 4.93. The van der Waals surface area contributed by atoms with E-state index in [0.29, 0.717) is 22.0 Å². The van der Waals surface area contributed by atoms with Gasteiger partial charge < -0.3 is 5.32 Å². The van der Waals surface area contributed by atoms with Crippen molar-refractivity contribution in [2.45, 2.75) is 0 Å². The molecule has 0 fully saturated rings. The van der Waals surface area contributed by atoms with Gasteiger partial charge in [0, 0.05) is 31.2 Å². The van der Waals surface area contributed by atoms with Crippen LogP contribution in [-0.4, -0.2) is 22.8 Å². The Bertz CT molecular complexity index is 543. The number of anilines is 1. The first-order chi connectivity index (χ1) is 8.22. The SMILES string of the molecule is CNc1cc(Cl)cnc1C(=O)c1cccnc1. The van der Waals surface area contributed by atoms with Gasteiger partial charge in [-0.15, -0.1) is 0 Å². The molecule has 2 aromatic rings. The fourth-order valence-electron chi connectivity index (χ4n) is 1.44. The molecule has 4 nitrogen and oxygen atoms in total. The number of halogens is 1. The molecule has 0 aliphatic carbocycles. The van der Waals surface area contributed by atoms with Gasteiger partial charge in [-0.3, -0.25) is 9.78 Å². The molecule has 17 heavy (non-hydrogen) atoms. The molecule has 0 atom stereocenters. The highest BCUT2D eigenvalue weighted by molar-refractivity contribution is 6.31. The summed E-state index contributed by atoms with van der Waals surface area (Å²) < 4.78 is 0. The average Bonchev–Trinajstić information content (AvgIpc) is 2.39. The molecule has 0 unspecified atom stereocenters. The predicted octanol–water partition coefficient (Wildman–Crippen LogP) is 2.40. The summed E-state index contributed by atoms with van der Waals surface area (Å²) in [4.78, 5) is 20.1. The summed E-state index contributed by atoms with van der Waals surface area (Å²) in [6, 6.07) is 5.07. The van der Waals surface area contributed by atoms with Crippen molar-refractivity contribution in [3.05, 3.63) is 53.1 Å². The molecule has 0 amide bonds. The standard InChI is InChI=1S/C12H10ClN3O/c1-14-10-5-9(13)7-16-11(10)12(17)8-3-2-4-15-6-8/h2-7,14H,1H3. The first-order valence-electron chi connectivity index (χ1n) is 5.00. The molecule has 0 spiro atoms.